The molecule has 4 nitrogen and oxygen atoms in total. The van der Waals surface area contributed by atoms with Crippen molar-refractivity contribution in [1.29, 1.82) is 5.26 Å². The summed E-state index contributed by atoms with van der Waals surface area (Å²) in [5.74, 6) is 1.11. The van der Waals surface area contributed by atoms with E-state index < -0.39 is 5.54 Å². The van der Waals surface area contributed by atoms with Crippen LogP contribution in [-0.2, 0) is 6.42 Å². The highest BCUT2D eigenvalue weighted by molar-refractivity contribution is 5.05. The van der Waals surface area contributed by atoms with Gasteiger partial charge in [-0.15, -0.1) is 0 Å². The molecule has 0 aliphatic heterocycles. The SMILES string of the molecule is CCCc1nccn1C(C)CC(C)(C#N)NC. The Kier molecular flexibility index (Phi) is 4.71. The highest BCUT2D eigenvalue weighted by Gasteiger charge is 2.25. The number of hydrogen-bond acceptors (Lipinski definition) is 3. The van der Waals surface area contributed by atoms with Crippen LogP contribution in [0.3, 0.4) is 0 Å². The van der Waals surface area contributed by atoms with Crippen LogP contribution in [-0.4, -0.2) is 22.1 Å². The van der Waals surface area contributed by atoms with Gasteiger partial charge in [-0.2, -0.15) is 5.26 Å². The fraction of sp³-hybridized carbons (Fsp3) is 0.692. The minimum absolute atomic E-state index is 0.274. The first-order valence-corrected chi connectivity index (χ1v) is 6.18. The number of rotatable bonds is 6. The Morgan fingerprint density at radius 2 is 2.35 bits per heavy atom. The van der Waals surface area contributed by atoms with Crippen LogP contribution in [0.4, 0.5) is 0 Å². The molecule has 1 aromatic rings. The van der Waals surface area contributed by atoms with E-state index in [0.717, 1.165) is 25.1 Å². The third-order valence-electron chi connectivity index (χ3n) is 3.20. The monoisotopic (exact) mass is 234 g/mol. The second-order valence-corrected chi connectivity index (χ2v) is 4.75. The maximum atomic E-state index is 9.17. The summed E-state index contributed by atoms with van der Waals surface area (Å²) in [6.45, 7) is 6.21. The first-order chi connectivity index (χ1) is 8.06. The molecule has 1 rings (SSSR count). The van der Waals surface area contributed by atoms with Crippen molar-refractivity contribution in [3.05, 3.63) is 18.2 Å². The molecule has 0 spiro atoms. The van der Waals surface area contributed by atoms with Crippen LogP contribution in [0.25, 0.3) is 0 Å². The molecule has 94 valence electrons. The molecule has 0 saturated heterocycles. The molecular weight excluding hydrogens is 212 g/mol. The standard InChI is InChI=1S/C13H22N4/c1-5-6-12-16-7-8-17(12)11(2)9-13(3,10-14)15-4/h7-8,11,15H,5-6,9H2,1-4H3. The van der Waals surface area contributed by atoms with Gasteiger partial charge in [0.25, 0.3) is 0 Å². The van der Waals surface area contributed by atoms with E-state index in [9.17, 15) is 0 Å². The molecule has 0 aliphatic carbocycles. The molecule has 1 heterocycles. The van der Waals surface area contributed by atoms with Gasteiger partial charge in [0.2, 0.25) is 0 Å². The Labute approximate surface area is 104 Å². The maximum absolute atomic E-state index is 9.17. The topological polar surface area (TPSA) is 53.6 Å². The van der Waals surface area contributed by atoms with E-state index in [4.69, 9.17) is 5.26 Å². The number of aryl methyl sites for hydroxylation is 1. The van der Waals surface area contributed by atoms with E-state index in [1.165, 1.54) is 0 Å². The minimum Gasteiger partial charge on any atom is -0.332 e. The van der Waals surface area contributed by atoms with E-state index in [1.807, 2.05) is 26.4 Å². The van der Waals surface area contributed by atoms with Crippen molar-refractivity contribution < 1.29 is 0 Å². The summed E-state index contributed by atoms with van der Waals surface area (Å²) in [4.78, 5) is 4.37. The van der Waals surface area contributed by atoms with Crippen LogP contribution in [0.2, 0.25) is 0 Å². The third-order valence-corrected chi connectivity index (χ3v) is 3.20. The summed E-state index contributed by atoms with van der Waals surface area (Å²) < 4.78 is 2.18. The van der Waals surface area contributed by atoms with Gasteiger partial charge in [-0.05, 0) is 33.7 Å². The van der Waals surface area contributed by atoms with Crippen molar-refractivity contribution in [2.24, 2.45) is 0 Å². The second kappa shape index (κ2) is 5.83. The van der Waals surface area contributed by atoms with Crippen molar-refractivity contribution in [2.45, 2.75) is 51.6 Å². The highest BCUT2D eigenvalue weighted by atomic mass is 15.1. The Bertz CT molecular complexity index is 390. The van der Waals surface area contributed by atoms with E-state index >= 15 is 0 Å². The largest absolute Gasteiger partial charge is 0.332 e. The molecule has 0 aromatic carbocycles. The summed E-state index contributed by atoms with van der Waals surface area (Å²) in [6.07, 6.45) is 6.69. The first-order valence-electron chi connectivity index (χ1n) is 6.18. The van der Waals surface area contributed by atoms with Gasteiger partial charge < -0.3 is 9.88 Å². The molecule has 4 heteroatoms. The molecule has 0 bridgehead atoms. The normalized spacial score (nSPS) is 16.2. The lowest BCUT2D eigenvalue weighted by molar-refractivity contribution is 0.361. The van der Waals surface area contributed by atoms with Crippen LogP contribution >= 0.6 is 0 Å². The molecule has 1 N–H and O–H groups in total. The molecule has 2 unspecified atom stereocenters. The molecule has 0 saturated carbocycles. The lowest BCUT2D eigenvalue weighted by atomic mass is 9.95. The molecule has 1 aromatic heterocycles. The van der Waals surface area contributed by atoms with Gasteiger partial charge in [-0.1, -0.05) is 6.92 Å². The number of nitrogens with one attached hydrogen (secondary N) is 1. The zero-order chi connectivity index (χ0) is 12.9. The Morgan fingerprint density at radius 3 is 2.88 bits per heavy atom. The van der Waals surface area contributed by atoms with Crippen LogP contribution in [0.1, 0.15) is 45.5 Å². The smallest absolute Gasteiger partial charge is 0.108 e. The van der Waals surface area contributed by atoms with E-state index in [1.54, 1.807) is 0 Å². The van der Waals surface area contributed by atoms with Gasteiger partial charge in [-0.3, -0.25) is 0 Å². The summed E-state index contributed by atoms with van der Waals surface area (Å²) in [5.41, 5.74) is -0.479. The van der Waals surface area contributed by atoms with Crippen molar-refractivity contribution in [3.63, 3.8) is 0 Å². The van der Waals surface area contributed by atoms with Crippen molar-refractivity contribution in [2.75, 3.05) is 7.05 Å². The molecule has 0 amide bonds. The van der Waals surface area contributed by atoms with Crippen molar-refractivity contribution >= 4 is 0 Å². The maximum Gasteiger partial charge on any atom is 0.108 e. The predicted octanol–water partition coefficient (Wildman–Crippen LogP) is 2.29. The number of nitriles is 1. The van der Waals surface area contributed by atoms with E-state index in [-0.39, 0.29) is 6.04 Å². The van der Waals surface area contributed by atoms with Gasteiger partial charge in [0.05, 0.1) is 6.07 Å². The Morgan fingerprint density at radius 1 is 1.65 bits per heavy atom. The molecule has 2 atom stereocenters. The Hall–Kier alpha value is -1.34. The first kappa shape index (κ1) is 13.7. The average Bonchev–Trinajstić information content (AvgIpc) is 2.77. The number of hydrogen-bond donors (Lipinski definition) is 1. The van der Waals surface area contributed by atoms with Crippen LogP contribution in [0.5, 0.6) is 0 Å². The quantitative estimate of drug-likeness (QED) is 0.821. The zero-order valence-electron chi connectivity index (χ0n) is 11.2. The third kappa shape index (κ3) is 3.31. The van der Waals surface area contributed by atoms with Crippen LogP contribution < -0.4 is 5.32 Å². The second-order valence-electron chi connectivity index (χ2n) is 4.75. The highest BCUT2D eigenvalue weighted by Crippen LogP contribution is 2.21. The van der Waals surface area contributed by atoms with Crippen molar-refractivity contribution in [3.8, 4) is 6.07 Å². The number of nitrogens with zero attached hydrogens (tertiary/aromatic N) is 3. The predicted molar refractivity (Wildman–Crippen MR) is 68.6 cm³/mol. The summed E-state index contributed by atoms with van der Waals surface area (Å²) in [6, 6.07) is 2.60. The van der Waals surface area contributed by atoms with Crippen molar-refractivity contribution in [1.82, 2.24) is 14.9 Å². The van der Waals surface area contributed by atoms with Gasteiger partial charge >= 0.3 is 0 Å². The average molecular weight is 234 g/mol. The molecule has 0 fully saturated rings. The fourth-order valence-corrected chi connectivity index (χ4v) is 2.06. The zero-order valence-corrected chi connectivity index (χ0v) is 11.2. The number of imidazole rings is 1. The minimum atomic E-state index is -0.479. The van der Waals surface area contributed by atoms with Gasteiger partial charge in [-0.25, -0.2) is 4.98 Å². The summed E-state index contributed by atoms with van der Waals surface area (Å²) in [5, 5.41) is 12.2. The van der Waals surface area contributed by atoms with E-state index in [0.29, 0.717) is 0 Å². The van der Waals surface area contributed by atoms with Gasteiger partial charge in [0, 0.05) is 24.9 Å². The van der Waals surface area contributed by atoms with E-state index in [2.05, 4.69) is 34.8 Å². The molecule has 0 radical (unpaired) electrons. The number of aromatic nitrogens is 2. The van der Waals surface area contributed by atoms with Gasteiger partial charge in [0.15, 0.2) is 0 Å². The summed E-state index contributed by atoms with van der Waals surface area (Å²) >= 11 is 0. The summed E-state index contributed by atoms with van der Waals surface area (Å²) in [7, 11) is 1.83. The van der Waals surface area contributed by atoms with Crippen LogP contribution in [0, 0.1) is 11.3 Å². The molecule has 17 heavy (non-hydrogen) atoms. The Balaban J connectivity index is 2.79. The van der Waals surface area contributed by atoms with Gasteiger partial charge in [0.1, 0.15) is 11.4 Å². The molecular formula is C13H22N4. The lowest BCUT2D eigenvalue weighted by Crippen LogP contribution is -2.40. The molecule has 0 aliphatic rings. The fourth-order valence-electron chi connectivity index (χ4n) is 2.06. The lowest BCUT2D eigenvalue weighted by Gasteiger charge is -2.26. The van der Waals surface area contributed by atoms with Crippen LogP contribution in [0.15, 0.2) is 12.4 Å².